The molecule has 0 aromatic carbocycles. The maximum Gasteiger partial charge on any atom is 0.305 e. The summed E-state index contributed by atoms with van der Waals surface area (Å²) in [4.78, 5) is 22.9. The van der Waals surface area contributed by atoms with Gasteiger partial charge in [0.1, 0.15) is 6.26 Å². The molecule has 2 rings (SSSR count). The minimum absolute atomic E-state index is 0.0973. The summed E-state index contributed by atoms with van der Waals surface area (Å²) in [5.74, 6) is -1.24. The zero-order valence-electron chi connectivity index (χ0n) is 9.85. The fourth-order valence-corrected chi connectivity index (χ4v) is 2.10. The van der Waals surface area contributed by atoms with Gasteiger partial charge < -0.3 is 19.6 Å². The largest absolute Gasteiger partial charge is 0.481 e. The number of ether oxygens (including phenoxy) is 1. The molecule has 0 aliphatic carbocycles. The molecule has 98 valence electrons. The molecule has 0 atom stereocenters. The van der Waals surface area contributed by atoms with Gasteiger partial charge in [0.25, 0.3) is 5.91 Å². The molecule has 0 radical (unpaired) electrons. The second-order valence-electron chi connectivity index (χ2n) is 4.43. The Morgan fingerprint density at radius 3 is 2.67 bits per heavy atom. The molecule has 1 aliphatic heterocycles. The highest BCUT2D eigenvalue weighted by molar-refractivity contribution is 5.94. The average molecular weight is 253 g/mol. The molecule has 1 amide bonds. The lowest BCUT2D eigenvalue weighted by Gasteiger charge is -2.36. The van der Waals surface area contributed by atoms with Crippen LogP contribution in [-0.2, 0) is 9.53 Å². The number of amides is 1. The van der Waals surface area contributed by atoms with Gasteiger partial charge >= 0.3 is 5.97 Å². The number of carboxylic acid groups (broad SMARTS) is 1. The van der Waals surface area contributed by atoms with Gasteiger partial charge in [0, 0.05) is 13.2 Å². The van der Waals surface area contributed by atoms with Crippen LogP contribution in [0.15, 0.2) is 23.0 Å². The van der Waals surface area contributed by atoms with Crippen molar-refractivity contribution in [1.29, 1.82) is 0 Å². The fourth-order valence-electron chi connectivity index (χ4n) is 2.10. The molecule has 1 aliphatic rings. The molecular formula is C12H15NO5. The summed E-state index contributed by atoms with van der Waals surface area (Å²) in [5.41, 5.74) is -0.329. The van der Waals surface area contributed by atoms with Crippen LogP contribution in [0.1, 0.15) is 29.6 Å². The number of nitrogens with one attached hydrogen (secondary N) is 1. The van der Waals surface area contributed by atoms with E-state index in [4.69, 9.17) is 14.3 Å². The van der Waals surface area contributed by atoms with Crippen LogP contribution >= 0.6 is 0 Å². The lowest BCUT2D eigenvalue weighted by Crippen LogP contribution is -2.53. The minimum atomic E-state index is -0.926. The highest BCUT2D eigenvalue weighted by atomic mass is 16.5. The smallest absolute Gasteiger partial charge is 0.305 e. The van der Waals surface area contributed by atoms with Crippen molar-refractivity contribution in [3.05, 3.63) is 24.2 Å². The van der Waals surface area contributed by atoms with Crippen LogP contribution in [0.5, 0.6) is 0 Å². The van der Waals surface area contributed by atoms with Crippen molar-refractivity contribution in [3.63, 3.8) is 0 Å². The predicted octanol–water partition coefficient (Wildman–Crippen LogP) is 1.03. The topological polar surface area (TPSA) is 88.8 Å². The van der Waals surface area contributed by atoms with Gasteiger partial charge in [-0.1, -0.05) is 0 Å². The number of carbonyl (C=O) groups excluding carboxylic acids is 1. The Kier molecular flexibility index (Phi) is 3.66. The van der Waals surface area contributed by atoms with Crippen LogP contribution in [0, 0.1) is 0 Å². The standard InChI is InChI=1S/C12H15NO5/c14-10(15)7-12(2-5-17-6-3-12)13-11(16)9-1-4-18-8-9/h1,4,8H,2-3,5-7H2,(H,13,16)(H,14,15). The van der Waals surface area contributed by atoms with Crippen LogP contribution < -0.4 is 5.32 Å². The van der Waals surface area contributed by atoms with Gasteiger partial charge in [-0.15, -0.1) is 0 Å². The quantitative estimate of drug-likeness (QED) is 0.836. The lowest BCUT2D eigenvalue weighted by molar-refractivity contribution is -0.139. The number of carbonyl (C=O) groups is 2. The molecule has 1 aromatic heterocycles. The maximum atomic E-state index is 12.0. The van der Waals surface area contributed by atoms with E-state index in [2.05, 4.69) is 5.32 Å². The minimum Gasteiger partial charge on any atom is -0.481 e. The average Bonchev–Trinajstić information content (AvgIpc) is 2.82. The molecule has 2 heterocycles. The van der Waals surface area contributed by atoms with Gasteiger partial charge in [-0.3, -0.25) is 9.59 Å². The number of carboxylic acids is 1. The maximum absolute atomic E-state index is 12.0. The van der Waals surface area contributed by atoms with Crippen LogP contribution in [0.3, 0.4) is 0 Å². The number of furan rings is 1. The van der Waals surface area contributed by atoms with Crippen LogP contribution in [0.4, 0.5) is 0 Å². The van der Waals surface area contributed by atoms with Crippen molar-refractivity contribution in [2.24, 2.45) is 0 Å². The molecule has 0 bridgehead atoms. The molecule has 6 heteroatoms. The van der Waals surface area contributed by atoms with Crippen molar-refractivity contribution in [2.45, 2.75) is 24.8 Å². The Hall–Kier alpha value is -1.82. The first-order valence-electron chi connectivity index (χ1n) is 5.76. The van der Waals surface area contributed by atoms with E-state index in [1.165, 1.54) is 12.5 Å². The Morgan fingerprint density at radius 2 is 2.11 bits per heavy atom. The van der Waals surface area contributed by atoms with Crippen molar-refractivity contribution in [2.75, 3.05) is 13.2 Å². The van der Waals surface area contributed by atoms with Crippen molar-refractivity contribution in [1.82, 2.24) is 5.32 Å². The van der Waals surface area contributed by atoms with Gasteiger partial charge in [0.15, 0.2) is 0 Å². The Bertz CT molecular complexity index is 420. The van der Waals surface area contributed by atoms with Crippen molar-refractivity contribution in [3.8, 4) is 0 Å². The van der Waals surface area contributed by atoms with Crippen molar-refractivity contribution >= 4 is 11.9 Å². The molecule has 1 aromatic rings. The highest BCUT2D eigenvalue weighted by Gasteiger charge is 2.36. The van der Waals surface area contributed by atoms with E-state index in [1.807, 2.05) is 0 Å². The molecular weight excluding hydrogens is 238 g/mol. The first kappa shape index (κ1) is 12.6. The van der Waals surface area contributed by atoms with E-state index in [9.17, 15) is 9.59 Å². The molecule has 6 nitrogen and oxygen atoms in total. The summed E-state index contributed by atoms with van der Waals surface area (Å²) in [5, 5.41) is 11.8. The van der Waals surface area contributed by atoms with Crippen LogP contribution in [0.25, 0.3) is 0 Å². The van der Waals surface area contributed by atoms with Gasteiger partial charge in [0.2, 0.25) is 0 Å². The summed E-state index contributed by atoms with van der Waals surface area (Å²) in [6.45, 7) is 0.915. The molecule has 0 spiro atoms. The Labute approximate surface area is 104 Å². The van der Waals surface area contributed by atoms with Gasteiger partial charge in [0.05, 0.1) is 23.8 Å². The van der Waals surface area contributed by atoms with E-state index >= 15 is 0 Å². The monoisotopic (exact) mass is 253 g/mol. The van der Waals surface area contributed by atoms with E-state index < -0.39 is 11.5 Å². The summed E-state index contributed by atoms with van der Waals surface area (Å²) in [7, 11) is 0. The molecule has 18 heavy (non-hydrogen) atoms. The van der Waals surface area contributed by atoms with E-state index in [0.717, 1.165) is 0 Å². The number of rotatable bonds is 4. The Balaban J connectivity index is 2.09. The van der Waals surface area contributed by atoms with E-state index in [0.29, 0.717) is 31.6 Å². The number of hydrogen-bond donors (Lipinski definition) is 2. The molecule has 0 saturated carbocycles. The first-order chi connectivity index (χ1) is 8.61. The molecule has 1 fully saturated rings. The summed E-state index contributed by atoms with van der Waals surface area (Å²) in [6.07, 6.45) is 3.65. The third-order valence-corrected chi connectivity index (χ3v) is 3.10. The second-order valence-corrected chi connectivity index (χ2v) is 4.43. The van der Waals surface area contributed by atoms with Crippen molar-refractivity contribution < 1.29 is 23.8 Å². The van der Waals surface area contributed by atoms with Crippen LogP contribution in [0.2, 0.25) is 0 Å². The SMILES string of the molecule is O=C(O)CC1(NC(=O)c2ccoc2)CCOCC1. The fraction of sp³-hybridized carbons (Fsp3) is 0.500. The van der Waals surface area contributed by atoms with Crippen LogP contribution in [-0.4, -0.2) is 35.7 Å². The predicted molar refractivity (Wildman–Crippen MR) is 61.2 cm³/mol. The third-order valence-electron chi connectivity index (χ3n) is 3.10. The van der Waals surface area contributed by atoms with E-state index in [1.54, 1.807) is 6.07 Å². The second kappa shape index (κ2) is 5.22. The molecule has 0 unspecified atom stereocenters. The van der Waals surface area contributed by atoms with E-state index in [-0.39, 0.29) is 12.3 Å². The molecule has 2 N–H and O–H groups in total. The Morgan fingerprint density at radius 1 is 1.39 bits per heavy atom. The molecule has 1 saturated heterocycles. The summed E-state index contributed by atoms with van der Waals surface area (Å²) < 4.78 is 10.1. The zero-order valence-corrected chi connectivity index (χ0v) is 9.85. The third kappa shape index (κ3) is 2.89. The number of hydrogen-bond acceptors (Lipinski definition) is 4. The van der Waals surface area contributed by atoms with Gasteiger partial charge in [-0.25, -0.2) is 0 Å². The summed E-state index contributed by atoms with van der Waals surface area (Å²) >= 11 is 0. The highest BCUT2D eigenvalue weighted by Crippen LogP contribution is 2.25. The normalized spacial score (nSPS) is 18.2. The zero-order chi connectivity index (χ0) is 13.0. The summed E-state index contributed by atoms with van der Waals surface area (Å²) in [6, 6.07) is 1.54. The van der Waals surface area contributed by atoms with Gasteiger partial charge in [-0.05, 0) is 18.9 Å². The van der Waals surface area contributed by atoms with Gasteiger partial charge in [-0.2, -0.15) is 0 Å². The lowest BCUT2D eigenvalue weighted by atomic mass is 9.86. The first-order valence-corrected chi connectivity index (χ1v) is 5.76. The number of aliphatic carboxylic acids is 1.